The molecule has 2 N–H and O–H groups in total. The summed E-state index contributed by atoms with van der Waals surface area (Å²) in [6, 6.07) is 7.75. The number of hydrogen-bond acceptors (Lipinski definition) is 2. The Kier molecular flexibility index (Phi) is 7.20. The third-order valence-corrected chi connectivity index (χ3v) is 3.84. The monoisotopic (exact) mass is 311 g/mol. The molecule has 1 aromatic carbocycles. The van der Waals surface area contributed by atoms with Gasteiger partial charge in [-0.2, -0.15) is 0 Å². The van der Waals surface area contributed by atoms with E-state index in [2.05, 4.69) is 12.2 Å². The summed E-state index contributed by atoms with van der Waals surface area (Å²) in [7, 11) is 0. The highest BCUT2D eigenvalue weighted by molar-refractivity contribution is 6.30. The minimum absolute atomic E-state index is 0.0656. The number of benzene rings is 1. The normalized spacial score (nSPS) is 13.0. The number of nitrogens with one attached hydrogen (secondary N) is 1. The largest absolute Gasteiger partial charge is 0.396 e. The van der Waals surface area contributed by atoms with E-state index in [1.54, 1.807) is 0 Å². The van der Waals surface area contributed by atoms with Crippen LogP contribution in [0.5, 0.6) is 0 Å². The summed E-state index contributed by atoms with van der Waals surface area (Å²) in [4.78, 5) is 12.0. The molecule has 0 saturated carbocycles. The second kappa shape index (κ2) is 8.40. The van der Waals surface area contributed by atoms with Gasteiger partial charge in [-0.3, -0.25) is 4.79 Å². The van der Waals surface area contributed by atoms with Gasteiger partial charge in [0.2, 0.25) is 5.91 Å². The molecule has 1 rings (SSSR count). The van der Waals surface area contributed by atoms with Crippen LogP contribution in [0.1, 0.15) is 39.2 Å². The maximum absolute atomic E-state index is 12.0. The molecule has 118 valence electrons. The molecule has 0 aliphatic carbocycles. The Morgan fingerprint density at radius 1 is 1.33 bits per heavy atom. The Balaban J connectivity index is 2.35. The molecular weight excluding hydrogens is 286 g/mol. The predicted molar refractivity (Wildman–Crippen MR) is 87.4 cm³/mol. The van der Waals surface area contributed by atoms with Crippen LogP contribution in [0, 0.1) is 11.3 Å². The van der Waals surface area contributed by atoms with E-state index in [1.807, 2.05) is 38.1 Å². The van der Waals surface area contributed by atoms with Crippen molar-refractivity contribution in [2.45, 2.75) is 40.0 Å². The average molecular weight is 312 g/mol. The fourth-order valence-electron chi connectivity index (χ4n) is 2.21. The molecule has 0 bridgehead atoms. The van der Waals surface area contributed by atoms with E-state index in [4.69, 9.17) is 16.7 Å². The van der Waals surface area contributed by atoms with Crippen molar-refractivity contribution in [2.75, 3.05) is 13.2 Å². The highest BCUT2D eigenvalue weighted by atomic mass is 35.5. The van der Waals surface area contributed by atoms with Crippen LogP contribution >= 0.6 is 11.6 Å². The second-order valence-corrected chi connectivity index (χ2v) is 6.99. The first-order valence-corrected chi connectivity index (χ1v) is 7.82. The highest BCUT2D eigenvalue weighted by Gasteiger charge is 2.18. The Bertz CT molecular complexity index is 443. The number of hydrogen-bond donors (Lipinski definition) is 2. The van der Waals surface area contributed by atoms with Crippen molar-refractivity contribution in [3.8, 4) is 0 Å². The number of aliphatic hydroxyl groups is 1. The maximum atomic E-state index is 12.0. The standard InChI is InChI=1S/C17H26ClNO2/c1-13(10-14-4-6-15(18)7-5-14)11-16(21)19-12-17(2,3)8-9-20/h4-7,13,20H,8-12H2,1-3H3,(H,19,21). The number of amides is 1. The Hall–Kier alpha value is -1.06. The van der Waals surface area contributed by atoms with Crippen LogP contribution in [-0.2, 0) is 11.2 Å². The number of carbonyl (C=O) groups is 1. The summed E-state index contributed by atoms with van der Waals surface area (Å²) in [6.07, 6.45) is 2.07. The van der Waals surface area contributed by atoms with E-state index >= 15 is 0 Å². The van der Waals surface area contributed by atoms with Crippen LogP contribution in [0.2, 0.25) is 5.02 Å². The molecule has 3 nitrogen and oxygen atoms in total. The second-order valence-electron chi connectivity index (χ2n) is 6.55. The van der Waals surface area contributed by atoms with Crippen LogP contribution in [-0.4, -0.2) is 24.2 Å². The maximum Gasteiger partial charge on any atom is 0.220 e. The third-order valence-electron chi connectivity index (χ3n) is 3.58. The molecule has 1 aromatic rings. The summed E-state index contributed by atoms with van der Waals surface area (Å²) in [5.41, 5.74) is 1.13. The van der Waals surface area contributed by atoms with Crippen LogP contribution in [0.25, 0.3) is 0 Å². The van der Waals surface area contributed by atoms with Gasteiger partial charge in [-0.25, -0.2) is 0 Å². The SMILES string of the molecule is CC(CC(=O)NCC(C)(C)CCO)Cc1ccc(Cl)cc1. The molecule has 0 aliphatic heterocycles. The molecule has 0 fully saturated rings. The zero-order chi connectivity index (χ0) is 15.9. The Morgan fingerprint density at radius 2 is 1.95 bits per heavy atom. The summed E-state index contributed by atoms with van der Waals surface area (Å²) in [5, 5.41) is 12.7. The fourth-order valence-corrected chi connectivity index (χ4v) is 2.34. The van der Waals surface area contributed by atoms with Crippen molar-refractivity contribution in [3.05, 3.63) is 34.9 Å². The Morgan fingerprint density at radius 3 is 2.52 bits per heavy atom. The quantitative estimate of drug-likeness (QED) is 0.772. The van der Waals surface area contributed by atoms with Crippen molar-refractivity contribution in [1.29, 1.82) is 0 Å². The topological polar surface area (TPSA) is 49.3 Å². The first-order chi connectivity index (χ1) is 9.82. The number of carbonyl (C=O) groups excluding carboxylic acids is 1. The van der Waals surface area contributed by atoms with E-state index in [-0.39, 0.29) is 23.8 Å². The molecule has 0 spiro atoms. The van der Waals surface area contributed by atoms with Gasteiger partial charge in [-0.15, -0.1) is 0 Å². The predicted octanol–water partition coefficient (Wildman–Crippen LogP) is 3.43. The van der Waals surface area contributed by atoms with Crippen LogP contribution in [0.3, 0.4) is 0 Å². The molecule has 0 radical (unpaired) electrons. The number of rotatable bonds is 8. The van der Waals surface area contributed by atoms with Gasteiger partial charge in [0, 0.05) is 24.6 Å². The van der Waals surface area contributed by atoms with Crippen molar-refractivity contribution < 1.29 is 9.90 Å². The lowest BCUT2D eigenvalue weighted by atomic mass is 9.89. The van der Waals surface area contributed by atoms with Gasteiger partial charge in [-0.05, 0) is 41.9 Å². The summed E-state index contributed by atoms with van der Waals surface area (Å²) >= 11 is 5.86. The minimum atomic E-state index is -0.0656. The molecule has 21 heavy (non-hydrogen) atoms. The molecule has 0 aromatic heterocycles. The van der Waals surface area contributed by atoms with Gasteiger partial charge in [0.05, 0.1) is 0 Å². The van der Waals surface area contributed by atoms with Crippen LogP contribution < -0.4 is 5.32 Å². The highest BCUT2D eigenvalue weighted by Crippen LogP contribution is 2.19. The van der Waals surface area contributed by atoms with Gasteiger partial charge < -0.3 is 10.4 Å². The van der Waals surface area contributed by atoms with Crippen molar-refractivity contribution in [2.24, 2.45) is 11.3 Å². The molecule has 0 heterocycles. The molecule has 1 unspecified atom stereocenters. The first kappa shape index (κ1) is 18.0. The molecule has 1 amide bonds. The van der Waals surface area contributed by atoms with E-state index in [0.717, 1.165) is 11.4 Å². The van der Waals surface area contributed by atoms with E-state index in [9.17, 15) is 4.79 Å². The van der Waals surface area contributed by atoms with Crippen molar-refractivity contribution >= 4 is 17.5 Å². The zero-order valence-corrected chi connectivity index (χ0v) is 13.9. The molecule has 0 aliphatic rings. The summed E-state index contributed by atoms with van der Waals surface area (Å²) < 4.78 is 0. The van der Waals surface area contributed by atoms with Gasteiger partial charge in [0.1, 0.15) is 0 Å². The Labute approximate surface area is 132 Å². The first-order valence-electron chi connectivity index (χ1n) is 7.44. The molecule has 0 saturated heterocycles. The van der Waals surface area contributed by atoms with Crippen molar-refractivity contribution in [1.82, 2.24) is 5.32 Å². The summed E-state index contributed by atoms with van der Waals surface area (Å²) in [6.45, 7) is 6.91. The number of aliphatic hydroxyl groups excluding tert-OH is 1. The lowest BCUT2D eigenvalue weighted by Crippen LogP contribution is -2.35. The summed E-state index contributed by atoms with van der Waals surface area (Å²) in [5.74, 6) is 0.356. The van der Waals surface area contributed by atoms with E-state index < -0.39 is 0 Å². The van der Waals surface area contributed by atoms with Crippen LogP contribution in [0.15, 0.2) is 24.3 Å². The molecular formula is C17H26ClNO2. The number of halogens is 1. The van der Waals surface area contributed by atoms with E-state index in [1.165, 1.54) is 5.56 Å². The lowest BCUT2D eigenvalue weighted by Gasteiger charge is -2.24. The van der Waals surface area contributed by atoms with Crippen LogP contribution in [0.4, 0.5) is 0 Å². The third kappa shape index (κ3) is 7.49. The van der Waals surface area contributed by atoms with Gasteiger partial charge in [-0.1, -0.05) is 44.5 Å². The zero-order valence-electron chi connectivity index (χ0n) is 13.2. The van der Waals surface area contributed by atoms with Gasteiger partial charge in [0.15, 0.2) is 0 Å². The average Bonchev–Trinajstić information content (AvgIpc) is 2.39. The fraction of sp³-hybridized carbons (Fsp3) is 0.588. The smallest absolute Gasteiger partial charge is 0.220 e. The molecule has 1 atom stereocenters. The minimum Gasteiger partial charge on any atom is -0.396 e. The lowest BCUT2D eigenvalue weighted by molar-refractivity contribution is -0.122. The van der Waals surface area contributed by atoms with E-state index in [0.29, 0.717) is 19.4 Å². The van der Waals surface area contributed by atoms with Gasteiger partial charge in [0.25, 0.3) is 0 Å². The van der Waals surface area contributed by atoms with Crippen molar-refractivity contribution in [3.63, 3.8) is 0 Å². The van der Waals surface area contributed by atoms with Gasteiger partial charge >= 0.3 is 0 Å². The molecule has 4 heteroatoms.